The van der Waals surface area contributed by atoms with Crippen LogP contribution in [-0.4, -0.2) is 34.6 Å². The summed E-state index contributed by atoms with van der Waals surface area (Å²) in [6.07, 6.45) is 4.97. The van der Waals surface area contributed by atoms with Gasteiger partial charge in [0.2, 0.25) is 0 Å². The lowest BCUT2D eigenvalue weighted by molar-refractivity contribution is -0.222. The van der Waals surface area contributed by atoms with Gasteiger partial charge in [0, 0.05) is 31.8 Å². The van der Waals surface area contributed by atoms with Gasteiger partial charge in [0.15, 0.2) is 0 Å². The van der Waals surface area contributed by atoms with Gasteiger partial charge in [0.25, 0.3) is 5.79 Å². The van der Waals surface area contributed by atoms with Crippen molar-refractivity contribution in [1.82, 2.24) is 9.78 Å². The molecule has 3 rings (SSSR count). The maximum atomic E-state index is 12.1. The Labute approximate surface area is 144 Å². The summed E-state index contributed by atoms with van der Waals surface area (Å²) >= 11 is 0. The topological polar surface area (TPSA) is 79.7 Å². The van der Waals surface area contributed by atoms with Crippen molar-refractivity contribution in [2.24, 2.45) is 0 Å². The molecule has 7 nitrogen and oxygen atoms in total. The second-order valence-electron chi connectivity index (χ2n) is 6.01. The molecule has 0 saturated carbocycles. The van der Waals surface area contributed by atoms with E-state index in [2.05, 4.69) is 5.10 Å². The van der Waals surface area contributed by atoms with Crippen LogP contribution in [0.15, 0.2) is 42.2 Å². The van der Waals surface area contributed by atoms with Gasteiger partial charge in [-0.3, -0.25) is 4.68 Å². The first-order valence-electron chi connectivity index (χ1n) is 7.71. The molecule has 2 aromatic rings. The number of aromatic nitrogens is 2. The van der Waals surface area contributed by atoms with E-state index in [1.54, 1.807) is 30.1 Å². The molecule has 25 heavy (non-hydrogen) atoms. The number of carbonyl (C=O) groups is 2. The van der Waals surface area contributed by atoms with Crippen molar-refractivity contribution in [3.63, 3.8) is 0 Å². The van der Waals surface area contributed by atoms with E-state index in [1.165, 1.54) is 19.9 Å². The first-order chi connectivity index (χ1) is 11.9. The van der Waals surface area contributed by atoms with Crippen LogP contribution in [-0.2, 0) is 25.6 Å². The quantitative estimate of drug-likeness (QED) is 0.481. The minimum atomic E-state index is -1.25. The smallest absolute Gasteiger partial charge is 0.348 e. The van der Waals surface area contributed by atoms with Crippen LogP contribution in [0.2, 0.25) is 0 Å². The fraction of sp³-hybridized carbons (Fsp3) is 0.278. The molecule has 0 atom stereocenters. The van der Waals surface area contributed by atoms with Crippen LogP contribution in [0.3, 0.4) is 0 Å². The number of rotatable bonds is 4. The Morgan fingerprint density at radius 3 is 2.56 bits per heavy atom. The molecule has 0 amide bonds. The fourth-order valence-corrected chi connectivity index (χ4v) is 2.53. The number of hydrogen-bond acceptors (Lipinski definition) is 6. The second kappa shape index (κ2) is 6.43. The minimum absolute atomic E-state index is 0.144. The summed E-state index contributed by atoms with van der Waals surface area (Å²) in [4.78, 5) is 24.1. The van der Waals surface area contributed by atoms with Gasteiger partial charge in [-0.2, -0.15) is 5.10 Å². The molecule has 0 radical (unpaired) electrons. The first-order valence-corrected chi connectivity index (χ1v) is 7.71. The molecule has 0 spiro atoms. The SMILES string of the molecule is COc1ccc(C=C2C(=O)OC(C)(C)OC2=O)cc1Cn1cccn1. The zero-order valence-corrected chi connectivity index (χ0v) is 14.2. The minimum Gasteiger partial charge on any atom is -0.496 e. The van der Waals surface area contributed by atoms with Gasteiger partial charge in [0.05, 0.1) is 13.7 Å². The van der Waals surface area contributed by atoms with Crippen LogP contribution in [0.4, 0.5) is 0 Å². The van der Waals surface area contributed by atoms with E-state index in [9.17, 15) is 9.59 Å². The molecule has 130 valence electrons. The van der Waals surface area contributed by atoms with Crippen molar-refractivity contribution in [3.05, 3.63) is 53.4 Å². The summed E-state index contributed by atoms with van der Waals surface area (Å²) in [5.74, 6) is -1.97. The Morgan fingerprint density at radius 2 is 1.96 bits per heavy atom. The lowest BCUT2D eigenvalue weighted by Gasteiger charge is -2.29. The highest BCUT2D eigenvalue weighted by Gasteiger charge is 2.38. The van der Waals surface area contributed by atoms with Crippen LogP contribution in [0.25, 0.3) is 6.08 Å². The lowest BCUT2D eigenvalue weighted by atomic mass is 10.1. The van der Waals surface area contributed by atoms with E-state index in [0.717, 1.165) is 5.56 Å². The Kier molecular flexibility index (Phi) is 4.31. The van der Waals surface area contributed by atoms with Gasteiger partial charge < -0.3 is 14.2 Å². The lowest BCUT2D eigenvalue weighted by Crippen LogP contribution is -2.41. The molecule has 1 aliphatic heterocycles. The van der Waals surface area contributed by atoms with Crippen LogP contribution in [0.1, 0.15) is 25.0 Å². The van der Waals surface area contributed by atoms with Crippen molar-refractivity contribution in [2.45, 2.75) is 26.2 Å². The average molecular weight is 342 g/mol. The Hall–Kier alpha value is -3.09. The highest BCUT2D eigenvalue weighted by molar-refractivity contribution is 6.18. The van der Waals surface area contributed by atoms with Crippen LogP contribution in [0.5, 0.6) is 5.75 Å². The summed E-state index contributed by atoms with van der Waals surface area (Å²) in [7, 11) is 1.58. The number of esters is 2. The highest BCUT2D eigenvalue weighted by Crippen LogP contribution is 2.26. The third kappa shape index (κ3) is 3.71. The molecule has 0 aliphatic carbocycles. The second-order valence-corrected chi connectivity index (χ2v) is 6.01. The van der Waals surface area contributed by atoms with Crippen molar-refractivity contribution >= 4 is 18.0 Å². The predicted molar refractivity (Wildman–Crippen MR) is 88.6 cm³/mol. The summed E-state index contributed by atoms with van der Waals surface area (Å²) in [5.41, 5.74) is 1.37. The molecule has 1 aromatic heterocycles. The van der Waals surface area contributed by atoms with E-state index in [1.807, 2.05) is 18.3 Å². The summed E-state index contributed by atoms with van der Waals surface area (Å²) in [6.45, 7) is 3.51. The molecular formula is C18H18N2O5. The molecule has 0 unspecified atom stereocenters. The van der Waals surface area contributed by atoms with Gasteiger partial charge in [-0.1, -0.05) is 6.07 Å². The number of cyclic esters (lactones) is 2. The monoisotopic (exact) mass is 342 g/mol. The maximum absolute atomic E-state index is 12.1. The molecule has 7 heteroatoms. The Bertz CT molecular complexity index is 815. The summed E-state index contributed by atoms with van der Waals surface area (Å²) in [5, 5.41) is 4.17. The number of hydrogen-bond donors (Lipinski definition) is 0. The average Bonchev–Trinajstić information content (AvgIpc) is 3.03. The van der Waals surface area contributed by atoms with Crippen molar-refractivity contribution in [1.29, 1.82) is 0 Å². The van der Waals surface area contributed by atoms with Crippen LogP contribution < -0.4 is 4.74 Å². The van der Waals surface area contributed by atoms with Gasteiger partial charge in [-0.05, 0) is 29.8 Å². The number of methoxy groups -OCH3 is 1. The number of ether oxygens (including phenoxy) is 3. The molecule has 1 fully saturated rings. The third-order valence-electron chi connectivity index (χ3n) is 3.62. The van der Waals surface area contributed by atoms with Gasteiger partial charge in [-0.25, -0.2) is 9.59 Å². The molecule has 0 bridgehead atoms. The fourth-order valence-electron chi connectivity index (χ4n) is 2.53. The zero-order valence-electron chi connectivity index (χ0n) is 14.2. The van der Waals surface area contributed by atoms with Crippen molar-refractivity contribution in [3.8, 4) is 5.75 Å². The number of carbonyl (C=O) groups excluding carboxylic acids is 2. The number of benzene rings is 1. The molecular weight excluding hydrogens is 324 g/mol. The van der Waals surface area contributed by atoms with E-state index >= 15 is 0 Å². The van der Waals surface area contributed by atoms with Crippen molar-refractivity contribution in [2.75, 3.05) is 7.11 Å². The van der Waals surface area contributed by atoms with E-state index < -0.39 is 17.7 Å². The molecule has 2 heterocycles. The van der Waals surface area contributed by atoms with E-state index in [-0.39, 0.29) is 5.57 Å². The Balaban J connectivity index is 1.92. The molecule has 0 N–H and O–H groups in total. The van der Waals surface area contributed by atoms with Crippen LogP contribution in [0, 0.1) is 0 Å². The van der Waals surface area contributed by atoms with E-state index in [4.69, 9.17) is 14.2 Å². The summed E-state index contributed by atoms with van der Waals surface area (Å²) < 4.78 is 17.3. The maximum Gasteiger partial charge on any atom is 0.348 e. The first kappa shape index (κ1) is 16.8. The highest BCUT2D eigenvalue weighted by atomic mass is 16.7. The molecule has 1 saturated heterocycles. The van der Waals surface area contributed by atoms with Crippen LogP contribution >= 0.6 is 0 Å². The molecule has 1 aliphatic rings. The zero-order chi connectivity index (χ0) is 18.0. The van der Waals surface area contributed by atoms with Gasteiger partial charge in [0.1, 0.15) is 11.3 Å². The Morgan fingerprint density at radius 1 is 1.24 bits per heavy atom. The third-order valence-corrected chi connectivity index (χ3v) is 3.62. The number of nitrogens with zero attached hydrogens (tertiary/aromatic N) is 2. The predicted octanol–water partition coefficient (Wildman–Crippen LogP) is 2.16. The largest absolute Gasteiger partial charge is 0.496 e. The standard InChI is InChI=1S/C18H18N2O5/c1-18(2)24-16(21)14(17(22)25-18)10-12-5-6-15(23-3)13(9-12)11-20-8-4-7-19-20/h4-10H,11H2,1-3H3. The van der Waals surface area contributed by atoms with Gasteiger partial charge in [-0.15, -0.1) is 0 Å². The van der Waals surface area contributed by atoms with Crippen molar-refractivity contribution < 1.29 is 23.8 Å². The van der Waals surface area contributed by atoms with Gasteiger partial charge >= 0.3 is 11.9 Å². The normalized spacial score (nSPS) is 16.2. The van der Waals surface area contributed by atoms with E-state index in [0.29, 0.717) is 17.9 Å². The molecule has 1 aromatic carbocycles. The summed E-state index contributed by atoms with van der Waals surface area (Å²) in [6, 6.07) is 7.18.